The molecule has 0 aliphatic heterocycles. The maximum atomic E-state index is 11.7. The summed E-state index contributed by atoms with van der Waals surface area (Å²) in [4.78, 5) is 26.6. The molecule has 8 heteroatoms. The minimum absolute atomic E-state index is 0.0647. The van der Waals surface area contributed by atoms with Gasteiger partial charge in [-0.05, 0) is 18.6 Å². The number of nitrogens with one attached hydrogen (secondary N) is 1. The van der Waals surface area contributed by atoms with E-state index in [0.717, 1.165) is 0 Å². The van der Waals surface area contributed by atoms with E-state index in [0.29, 0.717) is 22.8 Å². The minimum Gasteiger partial charge on any atom is -0.481 e. The lowest BCUT2D eigenvalue weighted by Gasteiger charge is -1.99. The molecule has 1 aliphatic rings. The van der Waals surface area contributed by atoms with Crippen molar-refractivity contribution in [3.63, 3.8) is 0 Å². The van der Waals surface area contributed by atoms with Gasteiger partial charge in [0.2, 0.25) is 17.6 Å². The van der Waals surface area contributed by atoms with Gasteiger partial charge in [0.25, 0.3) is 0 Å². The van der Waals surface area contributed by atoms with Crippen LogP contribution in [0.4, 0.5) is 0 Å². The highest BCUT2D eigenvalue weighted by atomic mass is 35.5. The molecule has 1 aromatic heterocycles. The normalized spacial score (nSPS) is 19.7. The molecule has 1 aliphatic carbocycles. The van der Waals surface area contributed by atoms with Crippen LogP contribution in [0.15, 0.2) is 28.8 Å². The van der Waals surface area contributed by atoms with Crippen molar-refractivity contribution in [1.82, 2.24) is 15.5 Å². The van der Waals surface area contributed by atoms with E-state index in [-0.39, 0.29) is 18.3 Å². The standard InChI is InChI=1S/C14H12ClN3O4/c15-8-3-1-2-7(4-8)12-17-11(22-18-12)6-16-13(19)9-5-10(9)14(20)21/h1-4,9-10H,5-6H2,(H,16,19)(H,20,21)/t9-,10+/m1/s1. The fraction of sp³-hybridized carbons (Fsp3) is 0.286. The summed E-state index contributed by atoms with van der Waals surface area (Å²) in [6.45, 7) is 0.0647. The van der Waals surface area contributed by atoms with E-state index in [1.54, 1.807) is 24.3 Å². The summed E-state index contributed by atoms with van der Waals surface area (Å²) in [5.74, 6) is -1.67. The molecule has 2 aromatic rings. The highest BCUT2D eigenvalue weighted by Crippen LogP contribution is 2.38. The molecule has 3 rings (SSSR count). The van der Waals surface area contributed by atoms with Gasteiger partial charge in [0.05, 0.1) is 18.4 Å². The molecule has 1 amide bonds. The maximum absolute atomic E-state index is 11.7. The van der Waals surface area contributed by atoms with Gasteiger partial charge < -0.3 is 14.9 Å². The third-order valence-corrected chi connectivity index (χ3v) is 3.64. The number of halogens is 1. The van der Waals surface area contributed by atoms with Gasteiger partial charge in [-0.25, -0.2) is 0 Å². The number of rotatable bonds is 5. The zero-order valence-electron chi connectivity index (χ0n) is 11.3. The monoisotopic (exact) mass is 321 g/mol. The quantitative estimate of drug-likeness (QED) is 0.868. The Hall–Kier alpha value is -2.41. The number of nitrogens with zero attached hydrogens (tertiary/aromatic N) is 2. The van der Waals surface area contributed by atoms with Crippen molar-refractivity contribution in [2.45, 2.75) is 13.0 Å². The van der Waals surface area contributed by atoms with Crippen LogP contribution in [0.2, 0.25) is 5.02 Å². The number of amides is 1. The van der Waals surface area contributed by atoms with Crippen molar-refractivity contribution in [2.75, 3.05) is 0 Å². The molecule has 2 atom stereocenters. The Morgan fingerprint density at radius 2 is 2.23 bits per heavy atom. The van der Waals surface area contributed by atoms with Crippen LogP contribution in [0.25, 0.3) is 11.4 Å². The van der Waals surface area contributed by atoms with Gasteiger partial charge in [-0.15, -0.1) is 0 Å². The van der Waals surface area contributed by atoms with E-state index in [1.165, 1.54) is 0 Å². The molecule has 7 nitrogen and oxygen atoms in total. The van der Waals surface area contributed by atoms with Crippen LogP contribution in [0, 0.1) is 11.8 Å². The molecular weight excluding hydrogens is 310 g/mol. The molecular formula is C14H12ClN3O4. The van der Waals surface area contributed by atoms with E-state index in [2.05, 4.69) is 15.5 Å². The molecule has 0 radical (unpaired) electrons. The Labute approximate surface area is 130 Å². The number of benzene rings is 1. The molecule has 1 fully saturated rings. The number of carboxylic acids is 1. The van der Waals surface area contributed by atoms with Crippen LogP contribution in [0.5, 0.6) is 0 Å². The summed E-state index contributed by atoms with van der Waals surface area (Å²) >= 11 is 5.89. The summed E-state index contributed by atoms with van der Waals surface area (Å²) in [6, 6.07) is 7.01. The van der Waals surface area contributed by atoms with Gasteiger partial charge in [0.1, 0.15) is 0 Å². The second kappa shape index (κ2) is 5.76. The first-order valence-electron chi connectivity index (χ1n) is 6.63. The summed E-state index contributed by atoms with van der Waals surface area (Å²) in [6.07, 6.45) is 0.374. The number of carbonyl (C=O) groups excluding carboxylic acids is 1. The van der Waals surface area contributed by atoms with Crippen molar-refractivity contribution in [3.8, 4) is 11.4 Å². The van der Waals surface area contributed by atoms with Crippen molar-refractivity contribution < 1.29 is 19.2 Å². The Morgan fingerprint density at radius 3 is 2.91 bits per heavy atom. The highest BCUT2D eigenvalue weighted by molar-refractivity contribution is 6.30. The summed E-state index contributed by atoms with van der Waals surface area (Å²) < 4.78 is 5.05. The van der Waals surface area contributed by atoms with Crippen molar-refractivity contribution in [1.29, 1.82) is 0 Å². The Balaban J connectivity index is 1.59. The van der Waals surface area contributed by atoms with Gasteiger partial charge in [-0.2, -0.15) is 4.98 Å². The SMILES string of the molecule is O=C(O)[C@H]1C[C@H]1C(=O)NCc1nc(-c2cccc(Cl)c2)no1. The Kier molecular flexibility index (Phi) is 3.81. The van der Waals surface area contributed by atoms with Crippen LogP contribution in [0.3, 0.4) is 0 Å². The molecule has 0 saturated heterocycles. The van der Waals surface area contributed by atoms with Gasteiger partial charge in [-0.1, -0.05) is 28.9 Å². The number of hydrogen-bond acceptors (Lipinski definition) is 5. The van der Waals surface area contributed by atoms with Crippen LogP contribution < -0.4 is 5.32 Å². The number of carboxylic acid groups (broad SMARTS) is 1. The lowest BCUT2D eigenvalue weighted by Crippen LogP contribution is -2.26. The van der Waals surface area contributed by atoms with Gasteiger partial charge in [0, 0.05) is 10.6 Å². The maximum Gasteiger partial charge on any atom is 0.307 e. The van der Waals surface area contributed by atoms with E-state index in [4.69, 9.17) is 21.2 Å². The molecule has 2 N–H and O–H groups in total. The van der Waals surface area contributed by atoms with E-state index >= 15 is 0 Å². The second-order valence-corrected chi connectivity index (χ2v) is 5.46. The number of carbonyl (C=O) groups is 2. The van der Waals surface area contributed by atoms with Crippen molar-refractivity contribution in [2.24, 2.45) is 11.8 Å². The molecule has 0 bridgehead atoms. The molecule has 114 valence electrons. The van der Waals surface area contributed by atoms with Gasteiger partial charge >= 0.3 is 5.97 Å². The number of aromatic nitrogens is 2. The molecule has 1 heterocycles. The van der Waals surface area contributed by atoms with Crippen molar-refractivity contribution in [3.05, 3.63) is 35.2 Å². The molecule has 22 heavy (non-hydrogen) atoms. The van der Waals surface area contributed by atoms with Crippen LogP contribution in [-0.4, -0.2) is 27.1 Å². The summed E-state index contributed by atoms with van der Waals surface area (Å²) in [5.41, 5.74) is 0.710. The minimum atomic E-state index is -0.943. The largest absolute Gasteiger partial charge is 0.481 e. The number of hydrogen-bond donors (Lipinski definition) is 2. The van der Waals surface area contributed by atoms with E-state index in [9.17, 15) is 9.59 Å². The Bertz CT molecular complexity index is 730. The molecule has 1 saturated carbocycles. The second-order valence-electron chi connectivity index (χ2n) is 5.03. The van der Waals surface area contributed by atoms with Crippen molar-refractivity contribution >= 4 is 23.5 Å². The third kappa shape index (κ3) is 3.09. The first kappa shape index (κ1) is 14.5. The first-order valence-corrected chi connectivity index (χ1v) is 7.01. The zero-order valence-corrected chi connectivity index (χ0v) is 12.1. The lowest BCUT2D eigenvalue weighted by atomic mass is 10.2. The van der Waals surface area contributed by atoms with Crippen LogP contribution >= 0.6 is 11.6 Å². The summed E-state index contributed by atoms with van der Waals surface area (Å²) in [5, 5.41) is 15.8. The third-order valence-electron chi connectivity index (χ3n) is 3.41. The molecule has 0 spiro atoms. The van der Waals surface area contributed by atoms with Crippen LogP contribution in [-0.2, 0) is 16.1 Å². The molecule has 1 aromatic carbocycles. The Morgan fingerprint density at radius 1 is 1.41 bits per heavy atom. The zero-order chi connectivity index (χ0) is 15.7. The fourth-order valence-electron chi connectivity index (χ4n) is 2.12. The lowest BCUT2D eigenvalue weighted by molar-refractivity contribution is -0.140. The summed E-state index contributed by atoms with van der Waals surface area (Å²) in [7, 11) is 0. The average Bonchev–Trinajstić information content (AvgIpc) is 3.16. The predicted octanol–water partition coefficient (Wildman–Crippen LogP) is 1.73. The van der Waals surface area contributed by atoms with E-state index in [1.807, 2.05) is 0 Å². The predicted molar refractivity (Wildman–Crippen MR) is 75.8 cm³/mol. The number of aliphatic carboxylic acids is 1. The topological polar surface area (TPSA) is 105 Å². The van der Waals surface area contributed by atoms with Crippen LogP contribution in [0.1, 0.15) is 12.3 Å². The smallest absolute Gasteiger partial charge is 0.307 e. The highest BCUT2D eigenvalue weighted by Gasteiger charge is 2.48. The van der Waals surface area contributed by atoms with Gasteiger partial charge in [-0.3, -0.25) is 9.59 Å². The first-order chi connectivity index (χ1) is 10.5. The average molecular weight is 322 g/mol. The fourth-order valence-corrected chi connectivity index (χ4v) is 2.31. The molecule has 0 unspecified atom stereocenters. The van der Waals surface area contributed by atoms with E-state index < -0.39 is 17.8 Å². The van der Waals surface area contributed by atoms with Gasteiger partial charge in [0.15, 0.2) is 0 Å².